The Kier molecular flexibility index (Phi) is 6.00. The summed E-state index contributed by atoms with van der Waals surface area (Å²) in [5.41, 5.74) is 0.656. The maximum absolute atomic E-state index is 13.0. The van der Waals surface area contributed by atoms with Crippen LogP contribution in [0.5, 0.6) is 0 Å². The van der Waals surface area contributed by atoms with E-state index in [1.54, 1.807) is 6.07 Å². The van der Waals surface area contributed by atoms with Crippen LogP contribution in [0.4, 0.5) is 24.8 Å². The number of alkyl halides is 3. The van der Waals surface area contributed by atoms with Crippen molar-refractivity contribution in [3.63, 3.8) is 0 Å². The van der Waals surface area contributed by atoms with Crippen LogP contribution in [0, 0.1) is 12.3 Å². The Balaban J connectivity index is 1.97. The van der Waals surface area contributed by atoms with Crippen molar-refractivity contribution in [3.8, 4) is 11.5 Å². The molecule has 0 aromatic carbocycles. The minimum Gasteiger partial charge on any atom is -0.324 e. The summed E-state index contributed by atoms with van der Waals surface area (Å²) in [4.78, 5) is 21.1. The highest BCUT2D eigenvalue weighted by atomic mass is 19.4. The lowest BCUT2D eigenvalue weighted by molar-refractivity contribution is -0.141. The molecule has 3 aromatic rings. The highest BCUT2D eigenvalue weighted by molar-refractivity contribution is 5.57. The third-order valence-corrected chi connectivity index (χ3v) is 4.20. The van der Waals surface area contributed by atoms with Crippen LogP contribution in [-0.4, -0.2) is 24.9 Å². The molecule has 0 aliphatic carbocycles. The lowest BCUT2D eigenvalue weighted by Crippen LogP contribution is -2.11. The molecule has 3 aromatic heterocycles. The molecule has 9 heteroatoms. The van der Waals surface area contributed by atoms with Crippen molar-refractivity contribution in [2.45, 2.75) is 46.7 Å². The van der Waals surface area contributed by atoms with Crippen molar-refractivity contribution in [2.75, 3.05) is 5.32 Å². The number of aromatic nitrogens is 5. The molecule has 0 fully saturated rings. The van der Waals surface area contributed by atoms with Crippen LogP contribution < -0.4 is 5.32 Å². The Morgan fingerprint density at radius 3 is 2.40 bits per heavy atom. The highest BCUT2D eigenvalue weighted by Gasteiger charge is 2.32. The minimum atomic E-state index is -4.54. The maximum Gasteiger partial charge on any atom is 0.433 e. The van der Waals surface area contributed by atoms with E-state index in [0.717, 1.165) is 24.4 Å². The number of nitrogens with one attached hydrogen (secondary N) is 1. The Labute approximate surface area is 173 Å². The van der Waals surface area contributed by atoms with Gasteiger partial charge in [0.15, 0.2) is 5.82 Å². The van der Waals surface area contributed by atoms with E-state index >= 15 is 0 Å². The molecule has 30 heavy (non-hydrogen) atoms. The van der Waals surface area contributed by atoms with Crippen molar-refractivity contribution in [1.29, 1.82) is 0 Å². The number of hydrogen-bond acceptors (Lipinski definition) is 6. The van der Waals surface area contributed by atoms with Gasteiger partial charge in [-0.25, -0.2) is 9.97 Å². The molecule has 0 saturated carbocycles. The zero-order valence-corrected chi connectivity index (χ0v) is 17.2. The Morgan fingerprint density at radius 1 is 0.967 bits per heavy atom. The first-order chi connectivity index (χ1) is 14.0. The van der Waals surface area contributed by atoms with E-state index in [1.165, 1.54) is 6.07 Å². The highest BCUT2D eigenvalue weighted by Crippen LogP contribution is 2.29. The molecule has 158 valence electrons. The van der Waals surface area contributed by atoms with E-state index < -0.39 is 11.9 Å². The number of aryl methyl sites for hydroxylation is 2. The molecule has 3 heterocycles. The van der Waals surface area contributed by atoms with Crippen molar-refractivity contribution >= 4 is 11.6 Å². The van der Waals surface area contributed by atoms with E-state index in [2.05, 4.69) is 51.0 Å². The second-order valence-electron chi connectivity index (χ2n) is 8.18. The first kappa shape index (κ1) is 21.6. The SMILES string of the molecule is Cc1cccc(-c2nc(CCC(C)(C)C)nc(Nc3ccnc(C(F)(F)F)c3)n2)n1. The summed E-state index contributed by atoms with van der Waals surface area (Å²) in [6.07, 6.45) is -2.00. The van der Waals surface area contributed by atoms with E-state index in [-0.39, 0.29) is 17.1 Å². The zero-order valence-electron chi connectivity index (χ0n) is 17.2. The Bertz CT molecular complexity index is 1030. The van der Waals surface area contributed by atoms with Gasteiger partial charge in [-0.2, -0.15) is 23.1 Å². The van der Waals surface area contributed by atoms with E-state index in [9.17, 15) is 13.2 Å². The molecular weight excluding hydrogens is 393 g/mol. The van der Waals surface area contributed by atoms with Crippen LogP contribution >= 0.6 is 0 Å². The third kappa shape index (κ3) is 5.95. The summed E-state index contributed by atoms with van der Waals surface area (Å²) < 4.78 is 38.9. The quantitative estimate of drug-likeness (QED) is 0.602. The second kappa shape index (κ2) is 8.33. The normalized spacial score (nSPS) is 12.1. The Morgan fingerprint density at radius 2 is 1.73 bits per heavy atom. The third-order valence-electron chi connectivity index (χ3n) is 4.20. The fourth-order valence-electron chi connectivity index (χ4n) is 2.65. The van der Waals surface area contributed by atoms with Gasteiger partial charge in [0.05, 0.1) is 0 Å². The molecule has 0 aliphatic rings. The molecule has 0 amide bonds. The van der Waals surface area contributed by atoms with Crippen LogP contribution in [0.1, 0.15) is 44.4 Å². The number of anilines is 2. The molecule has 0 atom stereocenters. The van der Waals surface area contributed by atoms with Gasteiger partial charge in [-0.1, -0.05) is 26.8 Å². The molecular formula is C21H23F3N6. The van der Waals surface area contributed by atoms with E-state index in [4.69, 9.17) is 0 Å². The van der Waals surface area contributed by atoms with Crippen LogP contribution in [0.15, 0.2) is 36.5 Å². The van der Waals surface area contributed by atoms with Gasteiger partial charge in [-0.3, -0.25) is 4.98 Å². The number of halogens is 3. The fraction of sp³-hybridized carbons (Fsp3) is 0.381. The molecule has 0 saturated heterocycles. The van der Waals surface area contributed by atoms with Gasteiger partial charge in [0.1, 0.15) is 17.2 Å². The average molecular weight is 416 g/mol. The second-order valence-corrected chi connectivity index (χ2v) is 8.18. The molecule has 0 aliphatic heterocycles. The summed E-state index contributed by atoms with van der Waals surface area (Å²) in [6, 6.07) is 7.84. The first-order valence-corrected chi connectivity index (χ1v) is 9.49. The predicted octanol–water partition coefficient (Wildman–Crippen LogP) is 5.38. The lowest BCUT2D eigenvalue weighted by Gasteiger charge is -2.17. The van der Waals surface area contributed by atoms with E-state index in [1.807, 2.05) is 19.1 Å². The van der Waals surface area contributed by atoms with Gasteiger partial charge in [-0.05, 0) is 43.0 Å². The van der Waals surface area contributed by atoms with Crippen molar-refractivity contribution in [2.24, 2.45) is 5.41 Å². The molecule has 3 rings (SSSR count). The van der Waals surface area contributed by atoms with Gasteiger partial charge >= 0.3 is 6.18 Å². The monoisotopic (exact) mass is 416 g/mol. The summed E-state index contributed by atoms with van der Waals surface area (Å²) >= 11 is 0. The van der Waals surface area contributed by atoms with Crippen LogP contribution in [-0.2, 0) is 12.6 Å². The molecule has 0 spiro atoms. The fourth-order valence-corrected chi connectivity index (χ4v) is 2.65. The van der Waals surface area contributed by atoms with Crippen molar-refractivity contribution in [1.82, 2.24) is 24.9 Å². The Hall–Kier alpha value is -3.10. The minimum absolute atomic E-state index is 0.0781. The zero-order chi connectivity index (χ0) is 21.9. The molecule has 6 nitrogen and oxygen atoms in total. The number of hydrogen-bond donors (Lipinski definition) is 1. The van der Waals surface area contributed by atoms with Crippen LogP contribution in [0.3, 0.4) is 0 Å². The van der Waals surface area contributed by atoms with Crippen molar-refractivity contribution in [3.05, 3.63) is 53.7 Å². The molecule has 0 bridgehead atoms. The summed E-state index contributed by atoms with van der Waals surface area (Å²) in [5, 5.41) is 2.85. The predicted molar refractivity (Wildman–Crippen MR) is 108 cm³/mol. The van der Waals surface area contributed by atoms with Gasteiger partial charge in [0.2, 0.25) is 5.95 Å². The van der Waals surface area contributed by atoms with Gasteiger partial charge in [0.25, 0.3) is 0 Å². The average Bonchev–Trinajstić information content (AvgIpc) is 2.65. The van der Waals surface area contributed by atoms with Crippen LogP contribution in [0.25, 0.3) is 11.5 Å². The molecule has 0 unspecified atom stereocenters. The van der Waals surface area contributed by atoms with Gasteiger partial charge in [0, 0.05) is 24.0 Å². The number of pyridine rings is 2. The largest absolute Gasteiger partial charge is 0.433 e. The number of nitrogens with zero attached hydrogens (tertiary/aromatic N) is 5. The standard InChI is InChI=1S/C21H23F3N6/c1-13-6-5-7-15(26-13)18-28-17(8-10-20(2,3)4)29-19(30-18)27-14-9-11-25-16(12-14)21(22,23)24/h5-7,9,11-12H,8,10H2,1-4H3,(H,25,27,28,29,30). The summed E-state index contributed by atoms with van der Waals surface area (Å²) in [6.45, 7) is 8.21. The molecule has 0 radical (unpaired) electrons. The number of rotatable bonds is 5. The summed E-state index contributed by atoms with van der Waals surface area (Å²) in [5.74, 6) is 1.07. The summed E-state index contributed by atoms with van der Waals surface area (Å²) in [7, 11) is 0. The van der Waals surface area contributed by atoms with Crippen molar-refractivity contribution < 1.29 is 13.2 Å². The maximum atomic E-state index is 13.0. The van der Waals surface area contributed by atoms with E-state index in [0.29, 0.717) is 23.8 Å². The van der Waals surface area contributed by atoms with Crippen LogP contribution in [0.2, 0.25) is 0 Å². The smallest absolute Gasteiger partial charge is 0.324 e. The topological polar surface area (TPSA) is 76.5 Å². The first-order valence-electron chi connectivity index (χ1n) is 9.49. The van der Waals surface area contributed by atoms with Gasteiger partial charge in [-0.15, -0.1) is 0 Å². The molecule has 1 N–H and O–H groups in total. The lowest BCUT2D eigenvalue weighted by atomic mass is 9.90. The van der Waals surface area contributed by atoms with Gasteiger partial charge < -0.3 is 5.32 Å².